The molecule has 7 heteroatoms. The number of carbonyl (C=O) groups is 1. The lowest BCUT2D eigenvalue weighted by Gasteiger charge is -2.09. The first-order chi connectivity index (χ1) is 9.47. The van der Waals surface area contributed by atoms with Crippen LogP contribution in [0.2, 0.25) is 10.0 Å². The summed E-state index contributed by atoms with van der Waals surface area (Å²) in [4.78, 5) is 12.1. The second kappa shape index (κ2) is 6.28. The van der Waals surface area contributed by atoms with Crippen LogP contribution in [0.1, 0.15) is 10.4 Å². The van der Waals surface area contributed by atoms with Crippen LogP contribution < -0.4 is 10.8 Å². The summed E-state index contributed by atoms with van der Waals surface area (Å²) in [6, 6.07) is 10.9. The molecule has 2 aromatic carbocycles. The van der Waals surface area contributed by atoms with Gasteiger partial charge in [-0.15, -0.1) is 0 Å². The minimum atomic E-state index is -1.66. The van der Waals surface area contributed by atoms with Crippen molar-refractivity contribution in [3.8, 4) is 0 Å². The van der Waals surface area contributed by atoms with Crippen molar-refractivity contribution in [2.45, 2.75) is 0 Å². The SMILES string of the molecule is O=C(Nc1cccc(Cl)c1)c1cc(B(O)O)ccc1Cl. The normalized spacial score (nSPS) is 10.2. The Labute approximate surface area is 126 Å². The van der Waals surface area contributed by atoms with Gasteiger partial charge in [-0.2, -0.15) is 0 Å². The summed E-state index contributed by atoms with van der Waals surface area (Å²) >= 11 is 11.8. The third-order valence-corrected chi connectivity index (χ3v) is 3.18. The highest BCUT2D eigenvalue weighted by Crippen LogP contribution is 2.19. The number of carbonyl (C=O) groups excluding carboxylic acids is 1. The Kier molecular flexibility index (Phi) is 4.67. The first-order valence-electron chi connectivity index (χ1n) is 5.70. The van der Waals surface area contributed by atoms with Crippen molar-refractivity contribution in [1.82, 2.24) is 0 Å². The fourth-order valence-electron chi connectivity index (χ4n) is 1.64. The zero-order valence-corrected chi connectivity index (χ0v) is 11.7. The van der Waals surface area contributed by atoms with Gasteiger partial charge in [0, 0.05) is 10.7 Å². The Morgan fingerprint density at radius 1 is 1.10 bits per heavy atom. The van der Waals surface area contributed by atoms with Crippen LogP contribution in [0.5, 0.6) is 0 Å². The number of hydrogen-bond donors (Lipinski definition) is 3. The topological polar surface area (TPSA) is 69.6 Å². The third kappa shape index (κ3) is 3.52. The second-order valence-corrected chi connectivity index (χ2v) is 4.92. The van der Waals surface area contributed by atoms with Crippen molar-refractivity contribution in [2.75, 3.05) is 5.32 Å². The van der Waals surface area contributed by atoms with Crippen LogP contribution in [0, 0.1) is 0 Å². The van der Waals surface area contributed by atoms with Gasteiger partial charge in [0.15, 0.2) is 0 Å². The molecule has 2 rings (SSSR count). The van der Waals surface area contributed by atoms with Crippen molar-refractivity contribution in [2.24, 2.45) is 0 Å². The van der Waals surface area contributed by atoms with E-state index in [0.717, 1.165) is 0 Å². The third-order valence-electron chi connectivity index (χ3n) is 2.62. The number of benzene rings is 2. The predicted octanol–water partition coefficient (Wildman–Crippen LogP) is 1.93. The van der Waals surface area contributed by atoms with Gasteiger partial charge in [0.25, 0.3) is 5.91 Å². The molecule has 3 N–H and O–H groups in total. The number of hydrogen-bond acceptors (Lipinski definition) is 3. The average Bonchev–Trinajstić information content (AvgIpc) is 2.38. The molecule has 0 aliphatic carbocycles. The highest BCUT2D eigenvalue weighted by Gasteiger charge is 2.17. The Hall–Kier alpha value is -1.53. The van der Waals surface area contributed by atoms with Gasteiger partial charge in [-0.3, -0.25) is 4.79 Å². The molecule has 0 heterocycles. The lowest BCUT2D eigenvalue weighted by atomic mass is 9.79. The van der Waals surface area contributed by atoms with Gasteiger partial charge in [-0.25, -0.2) is 0 Å². The summed E-state index contributed by atoms with van der Waals surface area (Å²) in [6.45, 7) is 0. The smallest absolute Gasteiger partial charge is 0.423 e. The van der Waals surface area contributed by atoms with E-state index in [9.17, 15) is 4.79 Å². The number of rotatable bonds is 3. The fourth-order valence-corrected chi connectivity index (χ4v) is 2.04. The maximum Gasteiger partial charge on any atom is 0.488 e. The number of nitrogens with one attached hydrogen (secondary N) is 1. The molecule has 0 unspecified atom stereocenters. The van der Waals surface area contributed by atoms with E-state index in [2.05, 4.69) is 5.32 Å². The van der Waals surface area contributed by atoms with Crippen molar-refractivity contribution in [3.05, 3.63) is 58.1 Å². The second-order valence-electron chi connectivity index (χ2n) is 4.08. The van der Waals surface area contributed by atoms with Crippen molar-refractivity contribution in [3.63, 3.8) is 0 Å². The maximum atomic E-state index is 12.1. The van der Waals surface area contributed by atoms with Crippen LogP contribution in [-0.4, -0.2) is 23.1 Å². The fraction of sp³-hybridized carbons (Fsp3) is 0. The molecule has 0 atom stereocenters. The molecule has 0 aromatic heterocycles. The average molecular weight is 310 g/mol. The molecule has 0 aliphatic heterocycles. The molecule has 2 aromatic rings. The zero-order valence-electron chi connectivity index (χ0n) is 10.2. The molecule has 0 aliphatic rings. The lowest BCUT2D eigenvalue weighted by molar-refractivity contribution is 0.102. The van der Waals surface area contributed by atoms with Crippen LogP contribution in [0.15, 0.2) is 42.5 Å². The van der Waals surface area contributed by atoms with Gasteiger partial charge in [0.05, 0.1) is 10.6 Å². The van der Waals surface area contributed by atoms with Gasteiger partial charge in [0.2, 0.25) is 0 Å². The molecule has 0 fully saturated rings. The summed E-state index contributed by atoms with van der Waals surface area (Å²) in [5, 5.41) is 21.6. The Morgan fingerprint density at radius 3 is 2.50 bits per heavy atom. The Bertz CT molecular complexity index is 649. The van der Waals surface area contributed by atoms with E-state index in [0.29, 0.717) is 10.7 Å². The van der Waals surface area contributed by atoms with E-state index < -0.39 is 13.0 Å². The van der Waals surface area contributed by atoms with E-state index in [1.807, 2.05) is 0 Å². The first-order valence-corrected chi connectivity index (χ1v) is 6.45. The van der Waals surface area contributed by atoms with E-state index in [1.54, 1.807) is 24.3 Å². The van der Waals surface area contributed by atoms with E-state index >= 15 is 0 Å². The van der Waals surface area contributed by atoms with Crippen LogP contribution in [0.25, 0.3) is 0 Å². The molecule has 0 radical (unpaired) electrons. The van der Waals surface area contributed by atoms with Gasteiger partial charge >= 0.3 is 7.12 Å². The standard InChI is InChI=1S/C13H10BCl2NO3/c15-9-2-1-3-10(7-9)17-13(18)11-6-8(14(19)20)4-5-12(11)16/h1-7,19-20H,(H,17,18). The molecular formula is C13H10BCl2NO3. The van der Waals surface area contributed by atoms with Crippen molar-refractivity contribution >= 4 is 47.4 Å². The summed E-state index contributed by atoms with van der Waals surface area (Å²) in [6.07, 6.45) is 0. The summed E-state index contributed by atoms with van der Waals surface area (Å²) in [5.41, 5.74) is 0.858. The first kappa shape index (κ1) is 14.9. The van der Waals surface area contributed by atoms with E-state index in [-0.39, 0.29) is 16.0 Å². The van der Waals surface area contributed by atoms with Crippen molar-refractivity contribution < 1.29 is 14.8 Å². The molecule has 0 saturated carbocycles. The number of anilines is 1. The molecular weight excluding hydrogens is 300 g/mol. The van der Waals surface area contributed by atoms with Gasteiger partial charge in [-0.05, 0) is 35.8 Å². The summed E-state index contributed by atoms with van der Waals surface area (Å²) in [7, 11) is -1.66. The highest BCUT2D eigenvalue weighted by molar-refractivity contribution is 6.59. The molecule has 102 valence electrons. The molecule has 0 bridgehead atoms. The minimum absolute atomic E-state index is 0.150. The van der Waals surface area contributed by atoms with Crippen LogP contribution >= 0.6 is 23.2 Å². The van der Waals surface area contributed by atoms with Crippen molar-refractivity contribution in [1.29, 1.82) is 0 Å². The molecule has 0 spiro atoms. The number of halogens is 2. The quantitative estimate of drug-likeness (QED) is 0.759. The highest BCUT2D eigenvalue weighted by atomic mass is 35.5. The van der Waals surface area contributed by atoms with E-state index in [1.165, 1.54) is 18.2 Å². The van der Waals surface area contributed by atoms with Crippen LogP contribution in [0.3, 0.4) is 0 Å². The van der Waals surface area contributed by atoms with Gasteiger partial charge in [-0.1, -0.05) is 35.3 Å². The zero-order chi connectivity index (χ0) is 14.7. The van der Waals surface area contributed by atoms with E-state index in [4.69, 9.17) is 33.2 Å². The molecule has 1 amide bonds. The van der Waals surface area contributed by atoms with Crippen LogP contribution in [0.4, 0.5) is 5.69 Å². The Morgan fingerprint density at radius 2 is 1.85 bits per heavy atom. The van der Waals surface area contributed by atoms with Crippen LogP contribution in [-0.2, 0) is 0 Å². The Balaban J connectivity index is 2.27. The van der Waals surface area contributed by atoms with Gasteiger partial charge < -0.3 is 15.4 Å². The predicted molar refractivity (Wildman–Crippen MR) is 80.7 cm³/mol. The number of amides is 1. The monoisotopic (exact) mass is 309 g/mol. The molecule has 20 heavy (non-hydrogen) atoms. The maximum absolute atomic E-state index is 12.1. The lowest BCUT2D eigenvalue weighted by Crippen LogP contribution is -2.31. The minimum Gasteiger partial charge on any atom is -0.423 e. The van der Waals surface area contributed by atoms with Gasteiger partial charge in [0.1, 0.15) is 0 Å². The molecule has 4 nitrogen and oxygen atoms in total. The molecule has 0 saturated heterocycles. The largest absolute Gasteiger partial charge is 0.488 e. The summed E-state index contributed by atoms with van der Waals surface area (Å²) in [5.74, 6) is -0.459. The summed E-state index contributed by atoms with van der Waals surface area (Å²) < 4.78 is 0.